The van der Waals surface area contributed by atoms with Crippen molar-refractivity contribution in [1.82, 2.24) is 0 Å². The van der Waals surface area contributed by atoms with Crippen LogP contribution in [0.15, 0.2) is 48.5 Å². The summed E-state index contributed by atoms with van der Waals surface area (Å²) in [5.41, 5.74) is 0.299. The molecule has 0 heterocycles. The first-order chi connectivity index (χ1) is 9.50. The van der Waals surface area contributed by atoms with Crippen LogP contribution in [0.5, 0.6) is 5.75 Å². The van der Waals surface area contributed by atoms with Gasteiger partial charge in [0.2, 0.25) is 0 Å². The fraction of sp³-hybridized carbons (Fsp3) is 0.133. The van der Waals surface area contributed by atoms with Crippen molar-refractivity contribution in [3.63, 3.8) is 0 Å². The molecular formula is C15H11F3O2. The zero-order valence-electron chi connectivity index (χ0n) is 10.4. The van der Waals surface area contributed by atoms with E-state index in [1.165, 1.54) is 12.1 Å². The number of hydrogen-bond donors (Lipinski definition) is 0. The highest BCUT2D eigenvalue weighted by Crippen LogP contribution is 2.29. The van der Waals surface area contributed by atoms with Gasteiger partial charge in [0, 0.05) is 0 Å². The normalized spacial score (nSPS) is 11.2. The number of ether oxygens (including phenoxy) is 1. The molecule has 0 atom stereocenters. The van der Waals surface area contributed by atoms with Crippen LogP contribution in [0, 0.1) is 0 Å². The lowest BCUT2D eigenvalue weighted by molar-refractivity contribution is -0.137. The molecule has 0 radical (unpaired) electrons. The Kier molecular flexibility index (Phi) is 4.08. The second-order valence-electron chi connectivity index (χ2n) is 4.14. The van der Waals surface area contributed by atoms with E-state index in [0.717, 1.165) is 12.1 Å². The summed E-state index contributed by atoms with van der Waals surface area (Å²) in [6, 6.07) is 11.4. The zero-order chi connectivity index (χ0) is 14.6. The summed E-state index contributed by atoms with van der Waals surface area (Å²) < 4.78 is 42.6. The van der Waals surface area contributed by atoms with Gasteiger partial charge in [-0.15, -0.1) is 0 Å². The monoisotopic (exact) mass is 280 g/mol. The van der Waals surface area contributed by atoms with E-state index in [0.29, 0.717) is 23.2 Å². The van der Waals surface area contributed by atoms with Gasteiger partial charge in [0.15, 0.2) is 6.29 Å². The first kappa shape index (κ1) is 14.1. The molecule has 0 saturated carbocycles. The third-order valence-corrected chi connectivity index (χ3v) is 2.72. The van der Waals surface area contributed by atoms with Crippen molar-refractivity contribution in [1.29, 1.82) is 0 Å². The molecule has 0 aliphatic carbocycles. The number of benzene rings is 2. The van der Waals surface area contributed by atoms with Crippen molar-refractivity contribution in [2.45, 2.75) is 12.8 Å². The summed E-state index contributed by atoms with van der Waals surface area (Å²) in [5, 5.41) is 0. The average Bonchev–Trinajstić information content (AvgIpc) is 2.45. The first-order valence-corrected chi connectivity index (χ1v) is 5.84. The molecule has 0 aliphatic rings. The second kappa shape index (κ2) is 5.77. The maximum atomic E-state index is 12.4. The summed E-state index contributed by atoms with van der Waals surface area (Å²) >= 11 is 0. The third-order valence-electron chi connectivity index (χ3n) is 2.72. The molecule has 0 amide bonds. The molecule has 0 unspecified atom stereocenters. The van der Waals surface area contributed by atoms with Crippen LogP contribution in [0.4, 0.5) is 13.2 Å². The molecule has 104 valence electrons. The molecule has 0 N–H and O–H groups in total. The molecule has 20 heavy (non-hydrogen) atoms. The van der Waals surface area contributed by atoms with Gasteiger partial charge < -0.3 is 4.74 Å². The second-order valence-corrected chi connectivity index (χ2v) is 4.14. The first-order valence-electron chi connectivity index (χ1n) is 5.84. The van der Waals surface area contributed by atoms with E-state index >= 15 is 0 Å². The van der Waals surface area contributed by atoms with E-state index in [9.17, 15) is 18.0 Å². The summed E-state index contributed by atoms with van der Waals surface area (Å²) in [4.78, 5) is 10.8. The number of aldehydes is 1. The molecule has 2 aromatic carbocycles. The van der Waals surface area contributed by atoms with Crippen LogP contribution >= 0.6 is 0 Å². The van der Waals surface area contributed by atoms with Crippen molar-refractivity contribution in [3.05, 3.63) is 65.2 Å². The maximum Gasteiger partial charge on any atom is 0.416 e. The Morgan fingerprint density at radius 1 is 1.00 bits per heavy atom. The lowest BCUT2D eigenvalue weighted by Gasteiger charge is -2.10. The largest absolute Gasteiger partial charge is 0.488 e. The lowest BCUT2D eigenvalue weighted by atomic mass is 10.1. The Hall–Kier alpha value is -2.30. The molecule has 5 heteroatoms. The van der Waals surface area contributed by atoms with E-state index in [1.54, 1.807) is 24.3 Å². The summed E-state index contributed by atoms with van der Waals surface area (Å²) in [7, 11) is 0. The smallest absolute Gasteiger partial charge is 0.416 e. The van der Waals surface area contributed by atoms with Crippen LogP contribution < -0.4 is 4.74 Å². The molecule has 2 rings (SSSR count). The summed E-state index contributed by atoms with van der Waals surface area (Å²) in [6.07, 6.45) is -3.68. The van der Waals surface area contributed by atoms with Crippen molar-refractivity contribution in [2.75, 3.05) is 0 Å². The minimum atomic E-state index is -4.34. The maximum absolute atomic E-state index is 12.4. The van der Waals surface area contributed by atoms with Crippen molar-refractivity contribution in [2.24, 2.45) is 0 Å². The number of halogens is 3. The van der Waals surface area contributed by atoms with E-state index < -0.39 is 11.7 Å². The Labute approximate surface area is 113 Å². The van der Waals surface area contributed by atoms with Crippen LogP contribution in [0.1, 0.15) is 21.5 Å². The topological polar surface area (TPSA) is 26.3 Å². The number of carbonyl (C=O) groups is 1. The molecule has 0 saturated heterocycles. The van der Waals surface area contributed by atoms with Crippen LogP contribution in [0.3, 0.4) is 0 Å². The molecule has 0 bridgehead atoms. The highest BCUT2D eigenvalue weighted by atomic mass is 19.4. The van der Waals surface area contributed by atoms with Crippen LogP contribution in [0.25, 0.3) is 0 Å². The van der Waals surface area contributed by atoms with Crippen LogP contribution in [-0.4, -0.2) is 6.29 Å². The van der Waals surface area contributed by atoms with Gasteiger partial charge in [-0.25, -0.2) is 0 Å². The predicted octanol–water partition coefficient (Wildman–Crippen LogP) is 4.10. The molecule has 0 spiro atoms. The SMILES string of the molecule is O=Cc1ccccc1OCc1ccc(C(F)(F)F)cc1. The Bertz CT molecular complexity index is 589. The van der Waals surface area contributed by atoms with Crippen LogP contribution in [0.2, 0.25) is 0 Å². The number of hydrogen-bond acceptors (Lipinski definition) is 2. The quantitative estimate of drug-likeness (QED) is 0.788. The molecule has 0 aromatic heterocycles. The molecule has 0 aliphatic heterocycles. The van der Waals surface area contributed by atoms with Gasteiger partial charge in [-0.3, -0.25) is 4.79 Å². The van der Waals surface area contributed by atoms with Gasteiger partial charge in [-0.1, -0.05) is 24.3 Å². The van der Waals surface area contributed by atoms with E-state index in [4.69, 9.17) is 4.74 Å². The molecule has 2 aromatic rings. The van der Waals surface area contributed by atoms with Gasteiger partial charge in [-0.2, -0.15) is 13.2 Å². The Morgan fingerprint density at radius 2 is 1.65 bits per heavy atom. The average molecular weight is 280 g/mol. The fourth-order valence-corrected chi connectivity index (χ4v) is 1.66. The third kappa shape index (κ3) is 3.38. The number of alkyl halides is 3. The molecule has 2 nitrogen and oxygen atoms in total. The predicted molar refractivity (Wildman–Crippen MR) is 67.6 cm³/mol. The zero-order valence-corrected chi connectivity index (χ0v) is 10.4. The highest BCUT2D eigenvalue weighted by molar-refractivity contribution is 5.79. The van der Waals surface area contributed by atoms with Gasteiger partial charge in [-0.05, 0) is 29.8 Å². The summed E-state index contributed by atoms with van der Waals surface area (Å²) in [6.45, 7) is 0.100. The summed E-state index contributed by atoms with van der Waals surface area (Å²) in [5.74, 6) is 0.405. The van der Waals surface area contributed by atoms with E-state index in [-0.39, 0.29) is 6.61 Å². The lowest BCUT2D eigenvalue weighted by Crippen LogP contribution is -2.05. The number of para-hydroxylation sites is 1. The standard InChI is InChI=1S/C15H11F3O2/c16-15(17,18)13-7-5-11(6-8-13)10-20-14-4-2-1-3-12(14)9-19/h1-9H,10H2. The van der Waals surface area contributed by atoms with Gasteiger partial charge in [0.05, 0.1) is 11.1 Å². The fourth-order valence-electron chi connectivity index (χ4n) is 1.66. The van der Waals surface area contributed by atoms with Crippen molar-refractivity contribution >= 4 is 6.29 Å². The molecular weight excluding hydrogens is 269 g/mol. The van der Waals surface area contributed by atoms with E-state index in [1.807, 2.05) is 0 Å². The van der Waals surface area contributed by atoms with Crippen molar-refractivity contribution < 1.29 is 22.7 Å². The van der Waals surface area contributed by atoms with Gasteiger partial charge >= 0.3 is 6.18 Å². The Balaban J connectivity index is 2.06. The molecule has 0 fully saturated rings. The minimum Gasteiger partial charge on any atom is -0.488 e. The van der Waals surface area contributed by atoms with E-state index in [2.05, 4.69) is 0 Å². The minimum absolute atomic E-state index is 0.100. The highest BCUT2D eigenvalue weighted by Gasteiger charge is 2.29. The van der Waals surface area contributed by atoms with Crippen molar-refractivity contribution in [3.8, 4) is 5.75 Å². The van der Waals surface area contributed by atoms with Gasteiger partial charge in [0.25, 0.3) is 0 Å². The number of rotatable bonds is 4. The van der Waals surface area contributed by atoms with Gasteiger partial charge in [0.1, 0.15) is 12.4 Å². The Morgan fingerprint density at radius 3 is 2.25 bits per heavy atom. The van der Waals surface area contributed by atoms with Crippen LogP contribution in [-0.2, 0) is 12.8 Å². The number of carbonyl (C=O) groups excluding carboxylic acids is 1.